The molecule has 0 unspecified atom stereocenters. The molecule has 0 atom stereocenters. The van der Waals surface area contributed by atoms with Gasteiger partial charge in [-0.3, -0.25) is 0 Å². The van der Waals surface area contributed by atoms with Crippen molar-refractivity contribution in [3.63, 3.8) is 0 Å². The Balaban J connectivity index is 2.21. The van der Waals surface area contributed by atoms with E-state index in [-0.39, 0.29) is 0 Å². The van der Waals surface area contributed by atoms with Crippen molar-refractivity contribution in [3.05, 3.63) is 23.9 Å². The maximum absolute atomic E-state index is 11.1. The average Bonchev–Trinajstić information content (AvgIpc) is 2.55. The second-order valence-corrected chi connectivity index (χ2v) is 15.4. The van der Waals surface area contributed by atoms with Crippen LogP contribution in [0.5, 0.6) is 5.88 Å². The SMILES string of the molecule is CC(C)[Si](Oc1ccc(C2(O)CCC(C)(C)CC2)cn1)(C(C)C)C(C)C. The molecule has 1 heterocycles. The van der Waals surface area contributed by atoms with Crippen LogP contribution in [-0.4, -0.2) is 18.4 Å². The fraction of sp³-hybridized carbons (Fsp3) is 0.773. The number of nitrogens with zero attached hydrogens (tertiary/aromatic N) is 1. The van der Waals surface area contributed by atoms with Gasteiger partial charge >= 0.3 is 0 Å². The Hall–Kier alpha value is -0.873. The van der Waals surface area contributed by atoms with Crippen molar-refractivity contribution in [2.24, 2.45) is 5.41 Å². The van der Waals surface area contributed by atoms with E-state index in [2.05, 4.69) is 60.4 Å². The number of hydrogen-bond acceptors (Lipinski definition) is 3. The highest BCUT2D eigenvalue weighted by Gasteiger charge is 2.47. The standard InChI is InChI=1S/C22H39NO2Si/c1-16(2)26(17(3)4,18(5)6)25-20-10-9-19(15-23-20)22(24)13-11-21(7,8)12-14-22/h9-10,15-18,24H,11-14H2,1-8H3. The van der Waals surface area contributed by atoms with Gasteiger partial charge in [-0.2, -0.15) is 0 Å². The highest BCUT2D eigenvalue weighted by atomic mass is 28.4. The highest BCUT2D eigenvalue weighted by molar-refractivity contribution is 6.78. The Morgan fingerprint density at radius 2 is 1.42 bits per heavy atom. The second kappa shape index (κ2) is 7.63. The number of aromatic nitrogens is 1. The molecule has 0 aromatic carbocycles. The van der Waals surface area contributed by atoms with Gasteiger partial charge in [-0.05, 0) is 59.9 Å². The van der Waals surface area contributed by atoms with E-state index in [0.29, 0.717) is 22.0 Å². The molecule has 26 heavy (non-hydrogen) atoms. The topological polar surface area (TPSA) is 42.4 Å². The molecule has 0 radical (unpaired) electrons. The van der Waals surface area contributed by atoms with Gasteiger partial charge in [0.05, 0.1) is 5.60 Å². The van der Waals surface area contributed by atoms with E-state index in [9.17, 15) is 5.11 Å². The zero-order valence-electron chi connectivity index (χ0n) is 18.1. The van der Waals surface area contributed by atoms with Gasteiger partial charge in [-0.25, -0.2) is 4.98 Å². The molecule has 1 N–H and O–H groups in total. The van der Waals surface area contributed by atoms with Gasteiger partial charge < -0.3 is 9.53 Å². The molecule has 2 rings (SSSR count). The van der Waals surface area contributed by atoms with Crippen LogP contribution >= 0.6 is 0 Å². The van der Waals surface area contributed by atoms with Crippen molar-refractivity contribution in [1.82, 2.24) is 4.98 Å². The lowest BCUT2D eigenvalue weighted by Gasteiger charge is -2.42. The number of pyridine rings is 1. The largest absolute Gasteiger partial charge is 0.530 e. The molecule has 1 aromatic rings. The first-order chi connectivity index (χ1) is 11.9. The van der Waals surface area contributed by atoms with Crippen molar-refractivity contribution in [1.29, 1.82) is 0 Å². The lowest BCUT2D eigenvalue weighted by atomic mass is 9.69. The summed E-state index contributed by atoms with van der Waals surface area (Å²) in [5, 5.41) is 11.1. The zero-order valence-corrected chi connectivity index (χ0v) is 19.1. The Morgan fingerprint density at radius 3 is 1.81 bits per heavy atom. The van der Waals surface area contributed by atoms with Crippen molar-refractivity contribution in [2.75, 3.05) is 0 Å². The predicted octanol–water partition coefficient (Wildman–Crippen LogP) is 6.42. The van der Waals surface area contributed by atoms with Crippen LogP contribution in [0.3, 0.4) is 0 Å². The summed E-state index contributed by atoms with van der Waals surface area (Å²) in [6.45, 7) is 18.3. The Morgan fingerprint density at radius 1 is 0.923 bits per heavy atom. The first kappa shape index (κ1) is 21.4. The zero-order chi connectivity index (χ0) is 19.8. The lowest BCUT2D eigenvalue weighted by Crippen LogP contribution is -2.50. The van der Waals surface area contributed by atoms with E-state index in [4.69, 9.17) is 4.43 Å². The summed E-state index contributed by atoms with van der Waals surface area (Å²) in [5.74, 6) is 0.719. The van der Waals surface area contributed by atoms with Crippen LogP contribution in [0.1, 0.15) is 86.6 Å². The van der Waals surface area contributed by atoms with Gasteiger partial charge in [0.25, 0.3) is 8.32 Å². The Bertz CT molecular complexity index is 561. The van der Waals surface area contributed by atoms with E-state index < -0.39 is 13.9 Å². The summed E-state index contributed by atoms with van der Waals surface area (Å²) in [6.07, 6.45) is 5.56. The number of hydrogen-bond donors (Lipinski definition) is 1. The number of rotatable bonds is 6. The van der Waals surface area contributed by atoms with Crippen molar-refractivity contribution < 1.29 is 9.53 Å². The third-order valence-corrected chi connectivity index (χ3v) is 12.7. The molecular weight excluding hydrogens is 338 g/mol. The van der Waals surface area contributed by atoms with E-state index in [1.807, 2.05) is 18.3 Å². The van der Waals surface area contributed by atoms with E-state index >= 15 is 0 Å². The van der Waals surface area contributed by atoms with Crippen LogP contribution in [0, 0.1) is 5.41 Å². The van der Waals surface area contributed by atoms with Gasteiger partial charge in [-0.15, -0.1) is 0 Å². The van der Waals surface area contributed by atoms with E-state index in [1.165, 1.54) is 0 Å². The Kier molecular flexibility index (Phi) is 6.29. The summed E-state index contributed by atoms with van der Waals surface area (Å²) in [4.78, 5) is 4.62. The minimum Gasteiger partial charge on any atom is -0.530 e. The van der Waals surface area contributed by atoms with E-state index in [0.717, 1.165) is 37.1 Å². The first-order valence-corrected chi connectivity index (χ1v) is 12.4. The van der Waals surface area contributed by atoms with Crippen LogP contribution in [0.4, 0.5) is 0 Å². The molecular formula is C22H39NO2Si. The van der Waals surface area contributed by atoms with Gasteiger partial charge in [0.1, 0.15) is 0 Å². The molecule has 1 saturated carbocycles. The number of aliphatic hydroxyl groups is 1. The molecule has 0 bridgehead atoms. The lowest BCUT2D eigenvalue weighted by molar-refractivity contribution is -0.0308. The van der Waals surface area contributed by atoms with Crippen LogP contribution in [0.25, 0.3) is 0 Å². The minimum atomic E-state index is -1.99. The average molecular weight is 378 g/mol. The summed E-state index contributed by atoms with van der Waals surface area (Å²) in [5.41, 5.74) is 2.10. The van der Waals surface area contributed by atoms with Crippen LogP contribution in [0.15, 0.2) is 18.3 Å². The summed E-state index contributed by atoms with van der Waals surface area (Å²) in [7, 11) is -1.99. The fourth-order valence-electron chi connectivity index (χ4n) is 4.88. The molecule has 3 nitrogen and oxygen atoms in total. The van der Waals surface area contributed by atoms with Gasteiger partial charge in [0.2, 0.25) is 0 Å². The molecule has 0 saturated heterocycles. The molecule has 4 heteroatoms. The molecule has 0 amide bonds. The van der Waals surface area contributed by atoms with Crippen molar-refractivity contribution in [3.8, 4) is 5.88 Å². The maximum Gasteiger partial charge on any atom is 0.260 e. The monoisotopic (exact) mass is 377 g/mol. The van der Waals surface area contributed by atoms with Crippen molar-refractivity contribution in [2.45, 2.75) is 103 Å². The van der Waals surface area contributed by atoms with Gasteiger partial charge in [0, 0.05) is 11.8 Å². The second-order valence-electron chi connectivity index (χ2n) is 10.0. The quantitative estimate of drug-likeness (QED) is 0.581. The van der Waals surface area contributed by atoms with Crippen LogP contribution < -0.4 is 4.43 Å². The molecule has 0 spiro atoms. The molecule has 1 aliphatic rings. The normalized spacial score (nSPS) is 20.0. The Labute approximate surface area is 161 Å². The molecule has 1 fully saturated rings. The summed E-state index contributed by atoms with van der Waals surface area (Å²) in [6, 6.07) is 4.00. The minimum absolute atomic E-state index is 0.333. The molecule has 1 aromatic heterocycles. The molecule has 0 aliphatic heterocycles. The van der Waals surface area contributed by atoms with Crippen LogP contribution in [0.2, 0.25) is 16.6 Å². The summed E-state index contributed by atoms with van der Waals surface area (Å²) < 4.78 is 6.64. The third kappa shape index (κ3) is 4.17. The molecule has 148 valence electrons. The molecule has 1 aliphatic carbocycles. The van der Waals surface area contributed by atoms with Gasteiger partial charge in [0.15, 0.2) is 5.88 Å². The third-order valence-electron chi connectivity index (χ3n) is 6.69. The van der Waals surface area contributed by atoms with Crippen molar-refractivity contribution >= 4 is 8.32 Å². The predicted molar refractivity (Wildman–Crippen MR) is 112 cm³/mol. The first-order valence-electron chi connectivity index (χ1n) is 10.3. The fourth-order valence-corrected chi connectivity index (χ4v) is 10.1. The van der Waals surface area contributed by atoms with E-state index in [1.54, 1.807) is 0 Å². The maximum atomic E-state index is 11.1. The van der Waals surface area contributed by atoms with Crippen LogP contribution in [-0.2, 0) is 5.60 Å². The highest BCUT2D eigenvalue weighted by Crippen LogP contribution is 2.46. The smallest absolute Gasteiger partial charge is 0.260 e. The van der Waals surface area contributed by atoms with Gasteiger partial charge in [-0.1, -0.05) is 55.4 Å². The summed E-state index contributed by atoms with van der Waals surface area (Å²) >= 11 is 0.